The van der Waals surface area contributed by atoms with Gasteiger partial charge in [-0.05, 0) is 0 Å². The molecule has 0 radical (unpaired) electrons. The number of carbonyl (C=O) groups excluding carboxylic acids is 1. The highest BCUT2D eigenvalue weighted by molar-refractivity contribution is 6.12. The minimum absolute atomic E-state index is 0.0740. The molecule has 8 nitrogen and oxygen atoms in total. The van der Waals surface area contributed by atoms with Crippen LogP contribution in [-0.2, 0) is 4.74 Å². The van der Waals surface area contributed by atoms with Crippen LogP contribution in [0.4, 0.5) is 0 Å². The van der Waals surface area contributed by atoms with Crippen LogP contribution in [0.3, 0.4) is 0 Å². The summed E-state index contributed by atoms with van der Waals surface area (Å²) < 4.78 is 10.6. The lowest BCUT2D eigenvalue weighted by atomic mass is 10.1. The molecule has 0 aliphatic heterocycles. The molecule has 0 aliphatic carbocycles. The zero-order chi connectivity index (χ0) is 15.5. The van der Waals surface area contributed by atoms with E-state index >= 15 is 0 Å². The van der Waals surface area contributed by atoms with E-state index in [1.807, 2.05) is 0 Å². The number of nitrogens with zero attached hydrogens (tertiary/aromatic N) is 4. The Morgan fingerprint density at radius 1 is 1.32 bits per heavy atom. The summed E-state index contributed by atoms with van der Waals surface area (Å²) >= 11 is 0. The monoisotopic (exact) mass is 298 g/mol. The summed E-state index contributed by atoms with van der Waals surface area (Å²) in [5, 5.41) is 7.34. The number of methoxy groups -OCH3 is 1. The Bertz CT molecular complexity index is 911. The molecule has 0 atom stereocenters. The summed E-state index contributed by atoms with van der Waals surface area (Å²) in [6, 6.07) is 8.53. The van der Waals surface area contributed by atoms with Crippen LogP contribution in [0.25, 0.3) is 11.0 Å². The van der Waals surface area contributed by atoms with Gasteiger partial charge in [0.1, 0.15) is 11.8 Å². The molecular weight excluding hydrogens is 288 g/mol. The predicted octanol–water partition coefficient (Wildman–Crippen LogP) is 1.05. The van der Waals surface area contributed by atoms with Gasteiger partial charge < -0.3 is 9.26 Å². The largest absolute Gasteiger partial charge is 0.485 e. The molecule has 0 saturated heterocycles. The minimum Gasteiger partial charge on any atom is -0.485 e. The zero-order valence-electron chi connectivity index (χ0n) is 11.5. The van der Waals surface area contributed by atoms with Crippen LogP contribution >= 0.6 is 0 Å². The highest BCUT2D eigenvalue weighted by Gasteiger charge is 2.21. The molecule has 0 bridgehead atoms. The van der Waals surface area contributed by atoms with Crippen LogP contribution in [0.15, 0.2) is 51.1 Å². The fourth-order valence-corrected chi connectivity index (χ4v) is 1.87. The Morgan fingerprint density at radius 3 is 2.82 bits per heavy atom. The van der Waals surface area contributed by atoms with E-state index in [9.17, 15) is 9.59 Å². The van der Waals surface area contributed by atoms with E-state index in [1.54, 1.807) is 30.3 Å². The molecule has 8 heteroatoms. The second kappa shape index (κ2) is 5.60. The number of ketones is 1. The van der Waals surface area contributed by atoms with Gasteiger partial charge in [-0.2, -0.15) is 4.68 Å². The van der Waals surface area contributed by atoms with Gasteiger partial charge >= 0.3 is 5.56 Å². The number of hydrogen-bond acceptors (Lipinski definition) is 7. The second-order valence-electron chi connectivity index (χ2n) is 4.25. The maximum absolute atomic E-state index is 12.4. The van der Waals surface area contributed by atoms with Crippen LogP contribution in [0.1, 0.15) is 16.1 Å². The second-order valence-corrected chi connectivity index (χ2v) is 4.25. The number of hydrogen-bond donors (Lipinski definition) is 0. The molecule has 0 unspecified atom stereocenters. The molecule has 0 N–H and O–H groups in total. The molecule has 0 spiro atoms. The molecule has 1 aromatic carbocycles. The fourth-order valence-electron chi connectivity index (χ4n) is 1.87. The van der Waals surface area contributed by atoms with Gasteiger partial charge in [0, 0.05) is 5.56 Å². The Kier molecular flexibility index (Phi) is 3.48. The molecule has 2 aromatic heterocycles. The Labute approximate surface area is 123 Å². The maximum Gasteiger partial charge on any atom is 0.304 e. The van der Waals surface area contributed by atoms with E-state index in [0.717, 1.165) is 11.1 Å². The first-order valence-electron chi connectivity index (χ1n) is 6.24. The van der Waals surface area contributed by atoms with Crippen LogP contribution < -0.4 is 5.56 Å². The zero-order valence-corrected chi connectivity index (χ0v) is 11.5. The maximum atomic E-state index is 12.4. The summed E-state index contributed by atoms with van der Waals surface area (Å²) in [4.78, 5) is 28.5. The van der Waals surface area contributed by atoms with Crippen molar-refractivity contribution >= 4 is 23.2 Å². The number of carbonyl (C=O) groups is 1. The normalized spacial score (nSPS) is 11.1. The minimum atomic E-state index is -0.561. The first-order chi connectivity index (χ1) is 10.7. The van der Waals surface area contributed by atoms with E-state index in [4.69, 9.17) is 4.52 Å². The summed E-state index contributed by atoms with van der Waals surface area (Å²) in [6.07, 6.45) is 2.24. The van der Waals surface area contributed by atoms with Crippen molar-refractivity contribution in [2.45, 2.75) is 0 Å². The summed E-state index contributed by atoms with van der Waals surface area (Å²) in [5.74, 6) is -0.477. The van der Waals surface area contributed by atoms with Gasteiger partial charge in [-0.3, -0.25) is 9.59 Å². The van der Waals surface area contributed by atoms with E-state index in [1.165, 1.54) is 13.4 Å². The number of rotatable bonds is 4. The highest BCUT2D eigenvalue weighted by atomic mass is 16.5. The molecule has 0 fully saturated rings. The smallest absolute Gasteiger partial charge is 0.304 e. The average Bonchev–Trinajstić information content (AvgIpc) is 2.99. The number of benzene rings is 1. The van der Waals surface area contributed by atoms with Crippen molar-refractivity contribution in [2.75, 3.05) is 7.11 Å². The lowest BCUT2D eigenvalue weighted by Gasteiger charge is -1.97. The molecular formula is C14H10N4O4. The standard InChI is InChI=1S/C14H10N4O4/c1-21-8-16-18-7-15-10-11(14(18)20)17-22-13(10)12(19)9-5-3-2-4-6-9/h2-8H,1H3/b16-8-. The fraction of sp³-hybridized carbons (Fsp3) is 0.0714. The van der Waals surface area contributed by atoms with Crippen molar-refractivity contribution in [3.63, 3.8) is 0 Å². The summed E-state index contributed by atoms with van der Waals surface area (Å²) in [5.41, 5.74) is -0.115. The van der Waals surface area contributed by atoms with Crippen molar-refractivity contribution in [1.29, 1.82) is 0 Å². The van der Waals surface area contributed by atoms with Crippen LogP contribution in [0.2, 0.25) is 0 Å². The van der Waals surface area contributed by atoms with Gasteiger partial charge in [0.15, 0.2) is 11.9 Å². The lowest BCUT2D eigenvalue weighted by molar-refractivity contribution is 0.100. The molecule has 110 valence electrons. The van der Waals surface area contributed by atoms with E-state index < -0.39 is 11.3 Å². The van der Waals surface area contributed by atoms with E-state index in [-0.39, 0.29) is 16.8 Å². The third kappa shape index (κ3) is 2.26. The van der Waals surface area contributed by atoms with Crippen molar-refractivity contribution < 1.29 is 14.1 Å². The van der Waals surface area contributed by atoms with Gasteiger partial charge in [0.25, 0.3) is 0 Å². The Hall–Kier alpha value is -3.29. The van der Waals surface area contributed by atoms with Gasteiger partial charge in [0.05, 0.1) is 7.11 Å². The molecule has 0 aliphatic rings. The average molecular weight is 298 g/mol. The number of fused-ring (bicyclic) bond motifs is 1. The summed E-state index contributed by atoms with van der Waals surface area (Å²) in [6.45, 7) is 0. The third-order valence-corrected chi connectivity index (χ3v) is 2.89. The SMILES string of the molecule is CO/C=N\n1cnc2c(C(=O)c3ccccc3)onc2c1=O. The first kappa shape index (κ1) is 13.7. The van der Waals surface area contributed by atoms with Crippen LogP contribution in [0.5, 0.6) is 0 Å². The summed E-state index contributed by atoms with van der Waals surface area (Å²) in [7, 11) is 1.40. The van der Waals surface area contributed by atoms with Crippen molar-refractivity contribution in [3.05, 3.63) is 58.3 Å². The van der Waals surface area contributed by atoms with Gasteiger partial charge in [-0.1, -0.05) is 35.5 Å². The third-order valence-electron chi connectivity index (χ3n) is 2.89. The van der Waals surface area contributed by atoms with Crippen molar-refractivity contribution in [2.24, 2.45) is 5.10 Å². The Balaban J connectivity index is 2.11. The first-order valence-corrected chi connectivity index (χ1v) is 6.24. The van der Waals surface area contributed by atoms with Gasteiger partial charge in [0.2, 0.25) is 11.5 Å². The van der Waals surface area contributed by atoms with Crippen molar-refractivity contribution in [3.8, 4) is 0 Å². The lowest BCUT2D eigenvalue weighted by Crippen LogP contribution is -2.17. The number of aromatic nitrogens is 3. The molecule has 0 amide bonds. The Morgan fingerprint density at radius 2 is 2.09 bits per heavy atom. The molecule has 3 aromatic rings. The molecule has 2 heterocycles. The highest BCUT2D eigenvalue weighted by Crippen LogP contribution is 2.16. The van der Waals surface area contributed by atoms with Crippen molar-refractivity contribution in [1.82, 2.24) is 14.8 Å². The van der Waals surface area contributed by atoms with E-state index in [0.29, 0.717) is 5.56 Å². The quantitative estimate of drug-likeness (QED) is 0.405. The van der Waals surface area contributed by atoms with E-state index in [2.05, 4.69) is 20.0 Å². The molecule has 0 saturated carbocycles. The van der Waals surface area contributed by atoms with Gasteiger partial charge in [-0.15, -0.1) is 5.10 Å². The van der Waals surface area contributed by atoms with Crippen LogP contribution in [0, 0.1) is 0 Å². The molecule has 3 rings (SSSR count). The predicted molar refractivity (Wildman–Crippen MR) is 76.8 cm³/mol. The molecule has 22 heavy (non-hydrogen) atoms. The van der Waals surface area contributed by atoms with Crippen LogP contribution in [-0.4, -0.2) is 34.1 Å². The number of ether oxygens (including phenoxy) is 1. The topological polar surface area (TPSA) is 99.6 Å². The van der Waals surface area contributed by atoms with Gasteiger partial charge in [-0.25, -0.2) is 4.98 Å².